The van der Waals surface area contributed by atoms with Gasteiger partial charge in [0.05, 0.1) is 0 Å². The fourth-order valence-electron chi connectivity index (χ4n) is 4.77. The van der Waals surface area contributed by atoms with Crippen LogP contribution in [0.2, 0.25) is 0 Å². The quantitative estimate of drug-likeness (QED) is 0.196. The lowest BCUT2D eigenvalue weighted by atomic mass is 9.84. The first-order chi connectivity index (χ1) is 21.4. The summed E-state index contributed by atoms with van der Waals surface area (Å²) >= 11 is 0. The molecule has 0 aromatic heterocycles. The Balaban J connectivity index is 0.000000476. The van der Waals surface area contributed by atoms with Crippen molar-refractivity contribution in [2.75, 3.05) is 5.32 Å². The van der Waals surface area contributed by atoms with E-state index in [9.17, 15) is 0 Å². The highest BCUT2D eigenvalue weighted by molar-refractivity contribution is 5.99. The van der Waals surface area contributed by atoms with Gasteiger partial charge in [-0.05, 0) is 109 Å². The Morgan fingerprint density at radius 2 is 1.27 bits per heavy atom. The molecule has 0 heterocycles. The Bertz CT molecular complexity index is 1540. The highest BCUT2D eigenvalue weighted by Crippen LogP contribution is 2.40. The minimum atomic E-state index is 0.507. The van der Waals surface area contributed by atoms with Crippen molar-refractivity contribution < 1.29 is 0 Å². The molecule has 1 N–H and O–H groups in total. The van der Waals surface area contributed by atoms with Gasteiger partial charge in [-0.1, -0.05) is 143 Å². The van der Waals surface area contributed by atoms with Gasteiger partial charge in [-0.15, -0.1) is 0 Å². The normalized spacial score (nSPS) is 11.3. The second-order valence-corrected chi connectivity index (χ2v) is 10.6. The average Bonchev–Trinajstić information content (AvgIpc) is 3.10. The molecule has 0 aliphatic heterocycles. The van der Waals surface area contributed by atoms with Crippen LogP contribution in [-0.4, -0.2) is 0 Å². The predicted octanol–water partition coefficient (Wildman–Crippen LogP) is 13.6. The number of fused-ring (bicyclic) bond motifs is 1. The van der Waals surface area contributed by atoms with E-state index in [1.165, 1.54) is 44.2 Å². The van der Waals surface area contributed by atoms with E-state index < -0.39 is 0 Å². The van der Waals surface area contributed by atoms with Gasteiger partial charge in [-0.3, -0.25) is 0 Å². The van der Waals surface area contributed by atoms with Crippen molar-refractivity contribution in [3.8, 4) is 22.3 Å². The SMILES string of the molecule is C/C=C(\C)Nc1ccc(-c2ccc(C(C)CC)c(-c3c(C)ccc4ccccc34)c2)cc1.C/C=C\C.CC.c1ccccc1. The predicted molar refractivity (Wildman–Crippen MR) is 200 cm³/mol. The second kappa shape index (κ2) is 19.8. The van der Waals surface area contributed by atoms with E-state index >= 15 is 0 Å². The lowest BCUT2D eigenvalue weighted by Crippen LogP contribution is -1.98. The minimum Gasteiger partial charge on any atom is -0.359 e. The monoisotopic (exact) mass is 583 g/mol. The highest BCUT2D eigenvalue weighted by atomic mass is 14.9. The fourth-order valence-corrected chi connectivity index (χ4v) is 4.77. The Labute approximate surface area is 268 Å². The molecule has 0 fully saturated rings. The van der Waals surface area contributed by atoms with Crippen molar-refractivity contribution in [2.24, 2.45) is 0 Å². The molecule has 5 aromatic rings. The van der Waals surface area contributed by atoms with Gasteiger partial charge in [0.2, 0.25) is 0 Å². The van der Waals surface area contributed by atoms with Crippen LogP contribution >= 0.6 is 0 Å². The maximum Gasteiger partial charge on any atom is 0.0382 e. The lowest BCUT2D eigenvalue weighted by molar-refractivity contribution is 0.735. The summed E-state index contributed by atoms with van der Waals surface area (Å²) in [5.41, 5.74) is 10.2. The van der Waals surface area contributed by atoms with Gasteiger partial charge in [0.25, 0.3) is 0 Å². The molecule has 1 atom stereocenters. The van der Waals surface area contributed by atoms with Crippen LogP contribution in [0.15, 0.2) is 139 Å². The number of anilines is 1. The van der Waals surface area contributed by atoms with E-state index in [0.29, 0.717) is 5.92 Å². The number of hydrogen-bond donors (Lipinski definition) is 1. The van der Waals surface area contributed by atoms with Crippen molar-refractivity contribution in [3.05, 3.63) is 150 Å². The summed E-state index contributed by atoms with van der Waals surface area (Å²) in [4.78, 5) is 0. The van der Waals surface area contributed by atoms with Gasteiger partial charge >= 0.3 is 0 Å². The lowest BCUT2D eigenvalue weighted by Gasteiger charge is -2.20. The fraction of sp³-hybridized carbons (Fsp3) is 0.256. The number of rotatable bonds is 6. The molecule has 1 nitrogen and oxygen atoms in total. The molecule has 0 spiro atoms. The molecule has 0 amide bonds. The zero-order chi connectivity index (χ0) is 32.3. The third-order valence-electron chi connectivity index (χ3n) is 7.60. The Kier molecular flexibility index (Phi) is 16.1. The van der Waals surface area contributed by atoms with Crippen LogP contribution < -0.4 is 5.32 Å². The number of nitrogens with one attached hydrogen (secondary N) is 1. The molecule has 0 aliphatic rings. The van der Waals surface area contributed by atoms with E-state index in [1.54, 1.807) is 0 Å². The third-order valence-corrected chi connectivity index (χ3v) is 7.60. The van der Waals surface area contributed by atoms with Gasteiger partial charge in [0.1, 0.15) is 0 Å². The van der Waals surface area contributed by atoms with E-state index in [-0.39, 0.29) is 0 Å². The molecule has 230 valence electrons. The first-order valence-electron chi connectivity index (χ1n) is 16.1. The van der Waals surface area contributed by atoms with Crippen LogP contribution in [0.5, 0.6) is 0 Å². The summed E-state index contributed by atoms with van der Waals surface area (Å²) in [6.07, 6.45) is 7.21. The Morgan fingerprint density at radius 1 is 0.705 bits per heavy atom. The molecular weight excluding hydrogens is 530 g/mol. The molecule has 5 rings (SSSR count). The number of allylic oxidation sites excluding steroid dienone is 4. The topological polar surface area (TPSA) is 12.0 Å². The maximum atomic E-state index is 3.43. The standard InChI is InChI=1S/C31H33N.C6H6.C4H8.C2H6/c1-6-21(3)28-19-16-26(24-14-17-27(18-15-24)32-23(5)7-2)20-30(28)31-22(4)12-13-25-10-8-9-11-29(25)31;1-2-4-6-5-3-1;1-3-4-2;1-2/h7-21,32H,6H2,1-5H3;1-6H;3-4H,1-2H3;1-2H3/b23-7+;;4-3-;. The van der Waals surface area contributed by atoms with Gasteiger partial charge < -0.3 is 5.32 Å². The molecule has 0 radical (unpaired) electrons. The van der Waals surface area contributed by atoms with Crippen molar-refractivity contribution >= 4 is 16.5 Å². The second-order valence-electron chi connectivity index (χ2n) is 10.6. The van der Waals surface area contributed by atoms with E-state index in [1.807, 2.05) is 83.2 Å². The summed E-state index contributed by atoms with van der Waals surface area (Å²) in [5, 5.41) is 6.05. The van der Waals surface area contributed by atoms with E-state index in [0.717, 1.165) is 17.8 Å². The summed E-state index contributed by atoms with van der Waals surface area (Å²) in [6.45, 7) is 19.0. The molecular formula is C43H53N. The Hall–Kier alpha value is -4.36. The van der Waals surface area contributed by atoms with Gasteiger partial charge in [-0.2, -0.15) is 0 Å². The zero-order valence-corrected chi connectivity index (χ0v) is 28.5. The molecule has 44 heavy (non-hydrogen) atoms. The van der Waals surface area contributed by atoms with Crippen LogP contribution in [0.25, 0.3) is 33.0 Å². The largest absolute Gasteiger partial charge is 0.359 e. The zero-order valence-electron chi connectivity index (χ0n) is 28.5. The van der Waals surface area contributed by atoms with Crippen LogP contribution in [0.1, 0.15) is 78.9 Å². The molecule has 0 bridgehead atoms. The highest BCUT2D eigenvalue weighted by Gasteiger charge is 2.16. The third kappa shape index (κ3) is 10.4. The minimum absolute atomic E-state index is 0.507. The molecule has 1 unspecified atom stereocenters. The summed E-state index contributed by atoms with van der Waals surface area (Å²) < 4.78 is 0. The van der Waals surface area contributed by atoms with E-state index in [4.69, 9.17) is 0 Å². The molecule has 0 saturated carbocycles. The van der Waals surface area contributed by atoms with Crippen molar-refractivity contribution in [1.82, 2.24) is 0 Å². The molecule has 0 aliphatic carbocycles. The van der Waals surface area contributed by atoms with Crippen LogP contribution in [0, 0.1) is 6.92 Å². The molecule has 0 saturated heterocycles. The molecule has 1 heteroatoms. The number of hydrogen-bond acceptors (Lipinski definition) is 1. The van der Waals surface area contributed by atoms with Crippen LogP contribution in [-0.2, 0) is 0 Å². The van der Waals surface area contributed by atoms with E-state index in [2.05, 4.69) is 118 Å². The average molecular weight is 584 g/mol. The first kappa shape index (κ1) is 35.8. The smallest absolute Gasteiger partial charge is 0.0382 e. The number of aryl methyl sites for hydroxylation is 1. The van der Waals surface area contributed by atoms with Crippen molar-refractivity contribution in [3.63, 3.8) is 0 Å². The molecule has 5 aromatic carbocycles. The Morgan fingerprint density at radius 3 is 1.82 bits per heavy atom. The van der Waals surface area contributed by atoms with Crippen molar-refractivity contribution in [2.45, 2.75) is 74.7 Å². The van der Waals surface area contributed by atoms with Gasteiger partial charge in [-0.25, -0.2) is 0 Å². The van der Waals surface area contributed by atoms with Crippen LogP contribution in [0.4, 0.5) is 5.69 Å². The van der Waals surface area contributed by atoms with Gasteiger partial charge in [0, 0.05) is 11.4 Å². The van der Waals surface area contributed by atoms with Gasteiger partial charge in [0.15, 0.2) is 0 Å². The van der Waals surface area contributed by atoms with Crippen LogP contribution in [0.3, 0.4) is 0 Å². The first-order valence-corrected chi connectivity index (χ1v) is 16.1. The summed E-state index contributed by atoms with van der Waals surface area (Å²) in [6, 6.07) is 41.0. The summed E-state index contributed by atoms with van der Waals surface area (Å²) in [7, 11) is 0. The summed E-state index contributed by atoms with van der Waals surface area (Å²) in [5.74, 6) is 0.507. The maximum absolute atomic E-state index is 3.43. The van der Waals surface area contributed by atoms with Crippen molar-refractivity contribution in [1.29, 1.82) is 0 Å². The number of benzene rings is 5.